The van der Waals surface area contributed by atoms with Gasteiger partial charge in [0, 0.05) is 11.4 Å². The summed E-state index contributed by atoms with van der Waals surface area (Å²) in [6.45, 7) is 6.97. The summed E-state index contributed by atoms with van der Waals surface area (Å²) < 4.78 is 1.14. The van der Waals surface area contributed by atoms with Gasteiger partial charge in [0.2, 0.25) is 11.8 Å². The van der Waals surface area contributed by atoms with E-state index in [1.54, 1.807) is 28.0 Å². The van der Waals surface area contributed by atoms with E-state index in [1.165, 1.54) is 10.4 Å². The van der Waals surface area contributed by atoms with Crippen LogP contribution in [-0.4, -0.2) is 24.1 Å². The highest BCUT2D eigenvalue weighted by Gasteiger charge is 2.28. The predicted molar refractivity (Wildman–Crippen MR) is 109 cm³/mol. The zero-order chi connectivity index (χ0) is 18.7. The van der Waals surface area contributed by atoms with Gasteiger partial charge in [-0.05, 0) is 30.9 Å². The molecule has 0 saturated carbocycles. The molecule has 1 aromatic heterocycles. The van der Waals surface area contributed by atoms with Crippen LogP contribution < -0.4 is 10.2 Å². The number of benzene rings is 1. The molecule has 0 bridgehead atoms. The van der Waals surface area contributed by atoms with Crippen molar-refractivity contribution in [3.05, 3.63) is 46.3 Å². The summed E-state index contributed by atoms with van der Waals surface area (Å²) in [5.41, 5.74) is 3.15. The SMILES string of the molecule is Cc1ccc(CNC(=O)CN2C(=O)CSc3sc(CC(C)C)cc32)cc1. The van der Waals surface area contributed by atoms with Gasteiger partial charge in [-0.15, -0.1) is 23.1 Å². The van der Waals surface area contributed by atoms with Gasteiger partial charge >= 0.3 is 0 Å². The fourth-order valence-corrected chi connectivity index (χ4v) is 5.39. The van der Waals surface area contributed by atoms with Crippen molar-refractivity contribution in [2.24, 2.45) is 5.92 Å². The average Bonchev–Trinajstić information content (AvgIpc) is 2.99. The van der Waals surface area contributed by atoms with E-state index in [9.17, 15) is 9.59 Å². The Hall–Kier alpha value is -1.79. The van der Waals surface area contributed by atoms with E-state index in [2.05, 4.69) is 25.2 Å². The zero-order valence-electron chi connectivity index (χ0n) is 15.4. The summed E-state index contributed by atoms with van der Waals surface area (Å²) >= 11 is 3.33. The van der Waals surface area contributed by atoms with Crippen molar-refractivity contribution in [2.75, 3.05) is 17.2 Å². The van der Waals surface area contributed by atoms with E-state index >= 15 is 0 Å². The van der Waals surface area contributed by atoms with Gasteiger partial charge in [0.05, 0.1) is 15.6 Å². The van der Waals surface area contributed by atoms with Crippen LogP contribution in [0.25, 0.3) is 0 Å². The fourth-order valence-electron chi connectivity index (χ4n) is 2.83. The van der Waals surface area contributed by atoms with Gasteiger partial charge in [0.25, 0.3) is 0 Å². The van der Waals surface area contributed by atoms with Crippen LogP contribution in [0.1, 0.15) is 29.9 Å². The lowest BCUT2D eigenvalue weighted by Gasteiger charge is -2.25. The Morgan fingerprint density at radius 2 is 2.00 bits per heavy atom. The number of aryl methyl sites for hydroxylation is 1. The predicted octanol–water partition coefficient (Wildman–Crippen LogP) is 4.01. The van der Waals surface area contributed by atoms with Crippen LogP contribution in [0.3, 0.4) is 0 Å². The van der Waals surface area contributed by atoms with Crippen LogP contribution in [0.5, 0.6) is 0 Å². The van der Waals surface area contributed by atoms with Crippen molar-refractivity contribution < 1.29 is 9.59 Å². The van der Waals surface area contributed by atoms with Gasteiger partial charge in [-0.25, -0.2) is 0 Å². The third kappa shape index (κ3) is 4.68. The Kier molecular flexibility index (Phi) is 6.04. The summed E-state index contributed by atoms with van der Waals surface area (Å²) in [7, 11) is 0. The number of anilines is 1. The Morgan fingerprint density at radius 3 is 2.69 bits per heavy atom. The molecule has 1 aromatic carbocycles. The number of nitrogens with zero attached hydrogens (tertiary/aromatic N) is 1. The van der Waals surface area contributed by atoms with Crippen LogP contribution in [0.15, 0.2) is 34.5 Å². The molecule has 1 aliphatic heterocycles. The van der Waals surface area contributed by atoms with E-state index in [-0.39, 0.29) is 18.4 Å². The number of carbonyl (C=O) groups excluding carboxylic acids is 2. The van der Waals surface area contributed by atoms with Crippen molar-refractivity contribution in [1.82, 2.24) is 5.32 Å². The maximum absolute atomic E-state index is 12.4. The lowest BCUT2D eigenvalue weighted by molar-refractivity contribution is -0.123. The lowest BCUT2D eigenvalue weighted by Crippen LogP contribution is -2.42. The molecule has 4 nitrogen and oxygen atoms in total. The van der Waals surface area contributed by atoms with Crippen molar-refractivity contribution in [2.45, 2.75) is 37.9 Å². The second-order valence-electron chi connectivity index (χ2n) is 7.01. The van der Waals surface area contributed by atoms with E-state index in [4.69, 9.17) is 0 Å². The van der Waals surface area contributed by atoms with Crippen LogP contribution in [0.2, 0.25) is 0 Å². The van der Waals surface area contributed by atoms with Crippen LogP contribution in [0, 0.1) is 12.8 Å². The van der Waals surface area contributed by atoms with Crippen molar-refractivity contribution >= 4 is 40.6 Å². The molecule has 138 valence electrons. The summed E-state index contributed by atoms with van der Waals surface area (Å²) in [5, 5.41) is 2.92. The van der Waals surface area contributed by atoms with E-state index in [0.29, 0.717) is 18.2 Å². The first-order valence-electron chi connectivity index (χ1n) is 8.80. The minimum absolute atomic E-state index is 0.00174. The first-order chi connectivity index (χ1) is 12.4. The topological polar surface area (TPSA) is 49.4 Å². The first-order valence-corrected chi connectivity index (χ1v) is 10.6. The van der Waals surface area contributed by atoms with Crippen molar-refractivity contribution in [3.8, 4) is 0 Å². The molecule has 0 saturated heterocycles. The minimum atomic E-state index is -0.131. The molecule has 3 rings (SSSR count). The third-order valence-electron chi connectivity index (χ3n) is 4.17. The smallest absolute Gasteiger partial charge is 0.240 e. The third-order valence-corrected chi connectivity index (χ3v) is 6.58. The van der Waals surface area contributed by atoms with Crippen molar-refractivity contribution in [3.63, 3.8) is 0 Å². The standard InChI is InChI=1S/C20H24N2O2S2/c1-13(2)8-16-9-17-20(26-16)25-12-19(24)22(17)11-18(23)21-10-15-6-4-14(3)5-7-15/h4-7,9,13H,8,10-12H2,1-3H3,(H,21,23). The van der Waals surface area contributed by atoms with Gasteiger partial charge in [0.1, 0.15) is 6.54 Å². The molecular weight excluding hydrogens is 364 g/mol. The molecule has 6 heteroatoms. The summed E-state index contributed by atoms with van der Waals surface area (Å²) in [5.74, 6) is 0.845. The normalized spacial score (nSPS) is 13.8. The molecule has 0 spiro atoms. The second-order valence-corrected chi connectivity index (χ2v) is 9.40. The van der Waals surface area contributed by atoms with Gasteiger partial charge in [-0.3, -0.25) is 9.59 Å². The molecule has 0 atom stereocenters. The molecule has 2 heterocycles. The number of fused-ring (bicyclic) bond motifs is 1. The highest BCUT2D eigenvalue weighted by molar-refractivity contribution is 8.02. The van der Waals surface area contributed by atoms with E-state index in [0.717, 1.165) is 21.9 Å². The molecule has 0 radical (unpaired) electrons. The maximum Gasteiger partial charge on any atom is 0.240 e. The number of thioether (sulfide) groups is 1. The molecule has 2 amide bonds. The second kappa shape index (κ2) is 8.27. The summed E-state index contributed by atoms with van der Waals surface area (Å²) in [6, 6.07) is 10.2. The number of carbonyl (C=O) groups is 2. The van der Waals surface area contributed by atoms with E-state index in [1.807, 2.05) is 31.2 Å². The summed E-state index contributed by atoms with van der Waals surface area (Å²) in [4.78, 5) is 27.7. The van der Waals surface area contributed by atoms with Crippen molar-refractivity contribution in [1.29, 1.82) is 0 Å². The molecule has 0 unspecified atom stereocenters. The number of thiophene rings is 1. The average molecular weight is 389 g/mol. The first kappa shape index (κ1) is 19.0. The molecule has 1 N–H and O–H groups in total. The van der Waals surface area contributed by atoms with Gasteiger partial charge in [-0.2, -0.15) is 0 Å². The fraction of sp³-hybridized carbons (Fsp3) is 0.400. The molecule has 26 heavy (non-hydrogen) atoms. The number of hydrogen-bond donors (Lipinski definition) is 1. The van der Waals surface area contributed by atoms with Crippen LogP contribution in [-0.2, 0) is 22.6 Å². The quantitative estimate of drug-likeness (QED) is 0.813. The lowest BCUT2D eigenvalue weighted by atomic mass is 10.1. The maximum atomic E-state index is 12.4. The Balaban J connectivity index is 1.65. The molecule has 0 aliphatic carbocycles. The van der Waals surface area contributed by atoms with Gasteiger partial charge in [0.15, 0.2) is 0 Å². The molecular formula is C20H24N2O2S2. The largest absolute Gasteiger partial charge is 0.350 e. The highest BCUT2D eigenvalue weighted by atomic mass is 32.2. The summed E-state index contributed by atoms with van der Waals surface area (Å²) in [6.07, 6.45) is 1.000. The Morgan fingerprint density at radius 1 is 1.27 bits per heavy atom. The molecule has 2 aromatic rings. The highest BCUT2D eigenvalue weighted by Crippen LogP contribution is 2.42. The molecule has 0 fully saturated rings. The zero-order valence-corrected chi connectivity index (χ0v) is 17.0. The number of rotatable bonds is 6. The molecule has 1 aliphatic rings. The van der Waals surface area contributed by atoms with Crippen LogP contribution >= 0.6 is 23.1 Å². The Labute approximate surface area is 163 Å². The van der Waals surface area contributed by atoms with Crippen LogP contribution in [0.4, 0.5) is 5.69 Å². The number of nitrogens with one attached hydrogen (secondary N) is 1. The number of hydrogen-bond acceptors (Lipinski definition) is 4. The monoisotopic (exact) mass is 388 g/mol. The minimum Gasteiger partial charge on any atom is -0.350 e. The van der Waals surface area contributed by atoms with E-state index < -0.39 is 0 Å². The number of amides is 2. The Bertz CT molecular complexity index is 797. The van der Waals surface area contributed by atoms with Gasteiger partial charge in [-0.1, -0.05) is 43.7 Å². The van der Waals surface area contributed by atoms with Gasteiger partial charge < -0.3 is 10.2 Å².